The second-order valence-electron chi connectivity index (χ2n) is 7.46. The van der Waals surface area contributed by atoms with Crippen LogP contribution in [-0.2, 0) is 14.3 Å². The normalized spacial score (nSPS) is 12.2. The maximum atomic E-state index is 12.7. The molecule has 2 rings (SSSR count). The Morgan fingerprint density at radius 2 is 1.90 bits per heavy atom. The van der Waals surface area contributed by atoms with Crippen molar-refractivity contribution >= 4 is 58.1 Å². The molecule has 1 amide bonds. The first-order valence-electron chi connectivity index (χ1n) is 9.53. The molecule has 0 unspecified atom stereocenters. The first kappa shape index (κ1) is 25.4. The molecule has 0 fully saturated rings. The number of nitrogens with one attached hydrogen (secondary N) is 1. The van der Waals surface area contributed by atoms with Gasteiger partial charge in [-0.3, -0.25) is 10.1 Å². The summed E-state index contributed by atoms with van der Waals surface area (Å²) in [6.07, 6.45) is 0.923. The Morgan fingerprint density at radius 1 is 1.23 bits per heavy atom. The minimum Gasteiger partial charge on any atom is -0.508 e. The smallest absolute Gasteiger partial charge is 0.412 e. The zero-order chi connectivity index (χ0) is 23.0. The predicted molar refractivity (Wildman–Crippen MR) is 130 cm³/mol. The molecule has 0 spiro atoms. The number of carbonyl (C=O) groups is 2. The van der Waals surface area contributed by atoms with Gasteiger partial charge in [0.2, 0.25) is 0 Å². The van der Waals surface area contributed by atoms with E-state index >= 15 is 0 Å². The largest absolute Gasteiger partial charge is 0.508 e. The van der Waals surface area contributed by atoms with Crippen LogP contribution in [0.1, 0.15) is 31.9 Å². The summed E-state index contributed by atoms with van der Waals surface area (Å²) in [6.45, 7) is 3.90. The van der Waals surface area contributed by atoms with Crippen molar-refractivity contribution in [3.8, 4) is 5.75 Å². The van der Waals surface area contributed by atoms with Gasteiger partial charge in [0.1, 0.15) is 11.9 Å². The third kappa shape index (κ3) is 7.66. The van der Waals surface area contributed by atoms with E-state index in [4.69, 9.17) is 9.47 Å². The Hall–Kier alpha value is -1.84. The van der Waals surface area contributed by atoms with Gasteiger partial charge in [-0.25, -0.2) is 4.79 Å². The molecule has 31 heavy (non-hydrogen) atoms. The van der Waals surface area contributed by atoms with Crippen LogP contribution in [0.4, 0.5) is 10.5 Å². The molecule has 2 N–H and O–H groups in total. The Morgan fingerprint density at radius 3 is 2.52 bits per heavy atom. The first-order valence-corrected chi connectivity index (χ1v) is 12.2. The van der Waals surface area contributed by atoms with Gasteiger partial charge in [0.25, 0.3) is 0 Å². The highest BCUT2D eigenvalue weighted by Crippen LogP contribution is 2.43. The van der Waals surface area contributed by atoms with Crippen molar-refractivity contribution < 1.29 is 24.2 Å². The van der Waals surface area contributed by atoms with E-state index in [1.807, 2.05) is 32.2 Å². The van der Waals surface area contributed by atoms with E-state index in [1.165, 1.54) is 6.07 Å². The van der Waals surface area contributed by atoms with Crippen LogP contribution in [-0.4, -0.2) is 35.8 Å². The standard InChI is InChI=1S/C22H26BrNO5S2/c1-22(2,10-11-28-19(26)13-30)20(17-12-14(23)4-9-18(17)25)29-21(27)24-15-5-7-16(31-3)8-6-15/h4-9,12,20,25,30H,10-11,13H2,1-3H3,(H,24,27)/t20-/m1/s1. The summed E-state index contributed by atoms with van der Waals surface area (Å²) in [5, 5.41) is 13.2. The molecule has 0 saturated carbocycles. The molecule has 0 aliphatic carbocycles. The molecule has 0 aliphatic rings. The molecule has 168 valence electrons. The Labute approximate surface area is 200 Å². The highest BCUT2D eigenvalue weighted by molar-refractivity contribution is 9.10. The number of rotatable bonds is 9. The molecule has 0 aliphatic heterocycles. The second kappa shape index (κ2) is 11.7. The summed E-state index contributed by atoms with van der Waals surface area (Å²) in [7, 11) is 0. The molecule has 1 atom stereocenters. The summed E-state index contributed by atoms with van der Waals surface area (Å²) >= 11 is 8.90. The van der Waals surface area contributed by atoms with Gasteiger partial charge in [0.05, 0.1) is 12.4 Å². The highest BCUT2D eigenvalue weighted by atomic mass is 79.9. The van der Waals surface area contributed by atoms with Crippen LogP contribution >= 0.6 is 40.3 Å². The fourth-order valence-corrected chi connectivity index (χ4v) is 3.79. The van der Waals surface area contributed by atoms with E-state index in [1.54, 1.807) is 36.0 Å². The number of esters is 1. The number of aromatic hydroxyl groups is 1. The van der Waals surface area contributed by atoms with Crippen LogP contribution in [0, 0.1) is 5.41 Å². The molecule has 0 aromatic heterocycles. The fraction of sp³-hybridized carbons (Fsp3) is 0.364. The van der Waals surface area contributed by atoms with Gasteiger partial charge in [0, 0.05) is 26.0 Å². The minimum absolute atomic E-state index is 0.00533. The van der Waals surface area contributed by atoms with Crippen molar-refractivity contribution in [3.63, 3.8) is 0 Å². The van der Waals surface area contributed by atoms with Crippen molar-refractivity contribution in [2.24, 2.45) is 5.41 Å². The van der Waals surface area contributed by atoms with Crippen molar-refractivity contribution in [1.29, 1.82) is 0 Å². The van der Waals surface area contributed by atoms with E-state index in [-0.39, 0.29) is 18.1 Å². The molecule has 9 heteroatoms. The Kier molecular flexibility index (Phi) is 9.58. The van der Waals surface area contributed by atoms with E-state index < -0.39 is 23.6 Å². The lowest BCUT2D eigenvalue weighted by Gasteiger charge is -2.34. The number of thiol groups is 1. The number of amides is 1. The number of anilines is 1. The Balaban J connectivity index is 2.22. The van der Waals surface area contributed by atoms with Crippen LogP contribution in [0.25, 0.3) is 0 Å². The predicted octanol–water partition coefficient (Wildman–Crippen LogP) is 6.06. The van der Waals surface area contributed by atoms with E-state index in [2.05, 4.69) is 33.9 Å². The number of benzene rings is 2. The quantitative estimate of drug-likeness (QED) is 0.209. The number of phenols is 1. The van der Waals surface area contributed by atoms with Gasteiger partial charge in [-0.1, -0.05) is 29.8 Å². The highest BCUT2D eigenvalue weighted by Gasteiger charge is 2.36. The van der Waals surface area contributed by atoms with E-state index in [0.29, 0.717) is 17.7 Å². The summed E-state index contributed by atoms with van der Waals surface area (Å²) < 4.78 is 11.7. The SMILES string of the molecule is CSc1ccc(NC(=O)O[C@H](c2cc(Br)ccc2O)C(C)(C)CCOC(=O)CS)cc1. The van der Waals surface area contributed by atoms with Crippen molar-refractivity contribution in [2.75, 3.05) is 23.9 Å². The van der Waals surface area contributed by atoms with Crippen LogP contribution < -0.4 is 5.32 Å². The van der Waals surface area contributed by atoms with Crippen LogP contribution in [0.5, 0.6) is 5.75 Å². The molecular formula is C22H26BrNO5S2. The third-order valence-corrected chi connectivity index (χ3v) is 6.18. The first-order chi connectivity index (χ1) is 14.7. The fourth-order valence-electron chi connectivity index (χ4n) is 2.91. The zero-order valence-corrected chi connectivity index (χ0v) is 20.9. The second-order valence-corrected chi connectivity index (χ2v) is 9.57. The number of phenolic OH excluding ortho intramolecular Hbond substituents is 1. The molecule has 0 heterocycles. The average molecular weight is 528 g/mol. The molecule has 6 nitrogen and oxygen atoms in total. The number of hydrogen-bond donors (Lipinski definition) is 3. The van der Waals surface area contributed by atoms with Gasteiger partial charge >= 0.3 is 12.1 Å². The number of thioether (sulfide) groups is 1. The molecule has 2 aromatic carbocycles. The number of carbonyl (C=O) groups excluding carboxylic acids is 2. The maximum Gasteiger partial charge on any atom is 0.412 e. The van der Waals surface area contributed by atoms with Crippen LogP contribution in [0.2, 0.25) is 0 Å². The topological polar surface area (TPSA) is 84.9 Å². The van der Waals surface area contributed by atoms with Crippen molar-refractivity contribution in [2.45, 2.75) is 31.3 Å². The van der Waals surface area contributed by atoms with Gasteiger partial charge in [-0.15, -0.1) is 11.8 Å². The lowest BCUT2D eigenvalue weighted by molar-refractivity contribution is -0.141. The van der Waals surface area contributed by atoms with E-state index in [9.17, 15) is 14.7 Å². The van der Waals surface area contributed by atoms with Crippen LogP contribution in [0.15, 0.2) is 51.8 Å². The van der Waals surface area contributed by atoms with Gasteiger partial charge < -0.3 is 14.6 Å². The molecular weight excluding hydrogens is 502 g/mol. The number of hydrogen-bond acceptors (Lipinski definition) is 7. The summed E-state index contributed by atoms with van der Waals surface area (Å²) in [4.78, 5) is 25.2. The Bertz CT molecular complexity index is 905. The lowest BCUT2D eigenvalue weighted by Crippen LogP contribution is -2.30. The van der Waals surface area contributed by atoms with Crippen molar-refractivity contribution in [3.05, 3.63) is 52.5 Å². The zero-order valence-electron chi connectivity index (χ0n) is 17.6. The molecule has 0 radical (unpaired) electrons. The van der Waals surface area contributed by atoms with Crippen LogP contribution in [0.3, 0.4) is 0 Å². The molecule has 0 bridgehead atoms. The molecule has 2 aromatic rings. The van der Waals surface area contributed by atoms with Gasteiger partial charge in [-0.2, -0.15) is 12.6 Å². The summed E-state index contributed by atoms with van der Waals surface area (Å²) in [6, 6.07) is 12.3. The average Bonchev–Trinajstić information content (AvgIpc) is 2.74. The van der Waals surface area contributed by atoms with Crippen molar-refractivity contribution in [1.82, 2.24) is 0 Å². The number of halogens is 1. The maximum absolute atomic E-state index is 12.7. The van der Waals surface area contributed by atoms with Gasteiger partial charge in [-0.05, 0) is 55.1 Å². The minimum atomic E-state index is -0.801. The van der Waals surface area contributed by atoms with Gasteiger partial charge in [0.15, 0.2) is 0 Å². The monoisotopic (exact) mass is 527 g/mol. The lowest BCUT2D eigenvalue weighted by atomic mass is 9.79. The third-order valence-electron chi connectivity index (χ3n) is 4.68. The summed E-state index contributed by atoms with van der Waals surface area (Å²) in [5.41, 5.74) is 0.392. The molecule has 0 saturated heterocycles. The summed E-state index contributed by atoms with van der Waals surface area (Å²) in [5.74, 6) is -0.427. The van der Waals surface area contributed by atoms with E-state index in [0.717, 1.165) is 9.37 Å². The number of ether oxygens (including phenoxy) is 2.